The van der Waals surface area contributed by atoms with E-state index in [1.54, 1.807) is 12.5 Å². The standard InChI is InChI=1S/C19H23N5O/c1-2-4-17-14(3-1)5-6-15(21-17)12-23-8-9-24-16(13-23)11-18(22-24)19-20-7-10-25-19/h5-7,10-11,18,22H,1-4,8-9,12-13H2. The molecule has 1 unspecified atom stereocenters. The lowest BCUT2D eigenvalue weighted by molar-refractivity contribution is 0.135. The van der Waals surface area contributed by atoms with Gasteiger partial charge >= 0.3 is 0 Å². The Kier molecular flexibility index (Phi) is 3.79. The highest BCUT2D eigenvalue weighted by molar-refractivity contribution is 5.26. The van der Waals surface area contributed by atoms with Crippen molar-refractivity contribution in [3.8, 4) is 0 Å². The minimum absolute atomic E-state index is 0.0480. The summed E-state index contributed by atoms with van der Waals surface area (Å²) in [4.78, 5) is 11.7. The van der Waals surface area contributed by atoms with E-state index in [1.807, 2.05) is 0 Å². The molecule has 2 aromatic heterocycles. The largest absolute Gasteiger partial charge is 0.447 e. The third-order valence-electron chi connectivity index (χ3n) is 5.37. The van der Waals surface area contributed by atoms with Gasteiger partial charge in [0.25, 0.3) is 0 Å². The van der Waals surface area contributed by atoms with Crippen LogP contribution in [0.4, 0.5) is 0 Å². The Labute approximate surface area is 147 Å². The van der Waals surface area contributed by atoms with Crippen LogP contribution >= 0.6 is 0 Å². The Balaban J connectivity index is 1.28. The van der Waals surface area contributed by atoms with E-state index in [0.717, 1.165) is 38.5 Å². The topological polar surface area (TPSA) is 57.4 Å². The zero-order chi connectivity index (χ0) is 16.6. The van der Waals surface area contributed by atoms with Crippen molar-refractivity contribution in [2.24, 2.45) is 0 Å². The van der Waals surface area contributed by atoms with E-state index >= 15 is 0 Å². The van der Waals surface area contributed by atoms with Gasteiger partial charge in [-0.2, -0.15) is 0 Å². The molecular formula is C19H23N5O. The third-order valence-corrected chi connectivity index (χ3v) is 5.37. The van der Waals surface area contributed by atoms with Crippen molar-refractivity contribution >= 4 is 0 Å². The second-order valence-electron chi connectivity index (χ2n) is 7.11. The molecule has 1 aliphatic carbocycles. The fourth-order valence-corrected chi connectivity index (χ4v) is 4.06. The molecule has 4 heterocycles. The van der Waals surface area contributed by atoms with Gasteiger partial charge in [-0.25, -0.2) is 10.4 Å². The number of hydrazine groups is 1. The SMILES string of the molecule is C1=C2CN(Cc3ccc4c(n3)CCCC4)CCN2NC1c1ncco1. The first kappa shape index (κ1) is 15.1. The molecule has 6 nitrogen and oxygen atoms in total. The zero-order valence-electron chi connectivity index (χ0n) is 14.3. The monoisotopic (exact) mass is 337 g/mol. The van der Waals surface area contributed by atoms with Gasteiger partial charge in [0, 0.05) is 37.6 Å². The molecular weight excluding hydrogens is 314 g/mol. The number of pyridine rings is 1. The van der Waals surface area contributed by atoms with Crippen molar-refractivity contribution < 1.29 is 4.42 Å². The lowest BCUT2D eigenvalue weighted by Gasteiger charge is -2.35. The molecule has 130 valence electrons. The molecule has 0 bridgehead atoms. The summed E-state index contributed by atoms with van der Waals surface area (Å²) >= 11 is 0. The first-order valence-corrected chi connectivity index (χ1v) is 9.19. The lowest BCUT2D eigenvalue weighted by Crippen LogP contribution is -2.47. The summed E-state index contributed by atoms with van der Waals surface area (Å²) < 4.78 is 5.43. The smallest absolute Gasteiger partial charge is 0.216 e. The molecule has 3 aliphatic rings. The molecule has 5 rings (SSSR count). The number of fused-ring (bicyclic) bond motifs is 2. The molecule has 6 heteroatoms. The molecule has 0 radical (unpaired) electrons. The summed E-state index contributed by atoms with van der Waals surface area (Å²) in [7, 11) is 0. The molecule has 1 atom stereocenters. The Morgan fingerprint density at radius 2 is 2.16 bits per heavy atom. The van der Waals surface area contributed by atoms with Gasteiger partial charge in [0.2, 0.25) is 5.89 Å². The van der Waals surface area contributed by atoms with Crippen molar-refractivity contribution in [1.29, 1.82) is 0 Å². The molecule has 1 saturated heterocycles. The van der Waals surface area contributed by atoms with E-state index in [-0.39, 0.29) is 6.04 Å². The summed E-state index contributed by atoms with van der Waals surface area (Å²) in [6.07, 6.45) is 10.5. The predicted octanol–water partition coefficient (Wildman–Crippen LogP) is 2.21. The van der Waals surface area contributed by atoms with E-state index in [0.29, 0.717) is 0 Å². The second kappa shape index (κ2) is 6.28. The van der Waals surface area contributed by atoms with Crippen LogP contribution in [-0.4, -0.2) is 39.5 Å². The summed E-state index contributed by atoms with van der Waals surface area (Å²) in [5, 5.41) is 2.23. The van der Waals surface area contributed by atoms with Gasteiger partial charge in [-0.15, -0.1) is 0 Å². The molecule has 2 aliphatic heterocycles. The van der Waals surface area contributed by atoms with Crippen LogP contribution in [0.1, 0.15) is 41.7 Å². The van der Waals surface area contributed by atoms with Crippen LogP contribution in [0, 0.1) is 0 Å². The van der Waals surface area contributed by atoms with Gasteiger partial charge in [0.1, 0.15) is 12.3 Å². The summed E-state index contributed by atoms with van der Waals surface area (Å²) in [5.74, 6) is 0.727. The molecule has 25 heavy (non-hydrogen) atoms. The van der Waals surface area contributed by atoms with Crippen molar-refractivity contribution in [2.45, 2.75) is 38.3 Å². The second-order valence-corrected chi connectivity index (χ2v) is 7.11. The van der Waals surface area contributed by atoms with Crippen molar-refractivity contribution in [3.63, 3.8) is 0 Å². The maximum atomic E-state index is 5.43. The number of hydrogen-bond acceptors (Lipinski definition) is 6. The first-order valence-electron chi connectivity index (χ1n) is 9.19. The number of piperazine rings is 1. The van der Waals surface area contributed by atoms with Gasteiger partial charge in [-0.05, 0) is 43.4 Å². The number of hydrogen-bond donors (Lipinski definition) is 1. The third kappa shape index (κ3) is 2.96. The maximum Gasteiger partial charge on any atom is 0.216 e. The van der Waals surface area contributed by atoms with E-state index in [1.165, 1.54) is 41.9 Å². The zero-order valence-corrected chi connectivity index (χ0v) is 14.3. The van der Waals surface area contributed by atoms with Gasteiger partial charge in [0.15, 0.2) is 0 Å². The number of oxazole rings is 1. The van der Waals surface area contributed by atoms with Crippen LogP contribution in [-0.2, 0) is 19.4 Å². The van der Waals surface area contributed by atoms with Gasteiger partial charge < -0.3 is 9.43 Å². The van der Waals surface area contributed by atoms with Gasteiger partial charge in [-0.1, -0.05) is 6.07 Å². The molecule has 0 aromatic carbocycles. The van der Waals surface area contributed by atoms with E-state index < -0.39 is 0 Å². The molecule has 0 saturated carbocycles. The Bertz CT molecular complexity index is 785. The van der Waals surface area contributed by atoms with E-state index in [4.69, 9.17) is 9.40 Å². The summed E-state index contributed by atoms with van der Waals surface area (Å²) in [6.45, 7) is 3.85. The number of aryl methyl sites for hydroxylation is 2. The minimum atomic E-state index is 0.0480. The maximum absolute atomic E-state index is 5.43. The molecule has 1 N–H and O–H groups in total. The van der Waals surface area contributed by atoms with Crippen LogP contribution in [0.2, 0.25) is 0 Å². The van der Waals surface area contributed by atoms with Crippen molar-refractivity contribution in [3.05, 3.63) is 59.2 Å². The highest BCUT2D eigenvalue weighted by Crippen LogP contribution is 2.27. The fraction of sp³-hybridized carbons (Fsp3) is 0.474. The van der Waals surface area contributed by atoms with E-state index in [9.17, 15) is 0 Å². The molecule has 0 amide bonds. The molecule has 2 aromatic rings. The van der Waals surface area contributed by atoms with Crippen LogP contribution in [0.3, 0.4) is 0 Å². The minimum Gasteiger partial charge on any atom is -0.447 e. The Morgan fingerprint density at radius 1 is 1.20 bits per heavy atom. The summed E-state index contributed by atoms with van der Waals surface area (Å²) in [6, 6.07) is 4.56. The lowest BCUT2D eigenvalue weighted by atomic mass is 9.96. The molecule has 0 spiro atoms. The predicted molar refractivity (Wildman–Crippen MR) is 93.3 cm³/mol. The van der Waals surface area contributed by atoms with Gasteiger partial charge in [0.05, 0.1) is 11.9 Å². The highest BCUT2D eigenvalue weighted by atomic mass is 16.3. The fourth-order valence-electron chi connectivity index (χ4n) is 4.06. The van der Waals surface area contributed by atoms with Crippen molar-refractivity contribution in [1.82, 2.24) is 25.3 Å². The summed E-state index contributed by atoms with van der Waals surface area (Å²) in [5.41, 5.74) is 8.74. The normalized spacial score (nSPS) is 23.3. The number of aromatic nitrogens is 2. The van der Waals surface area contributed by atoms with Crippen LogP contribution in [0.15, 0.2) is 40.8 Å². The Hall–Kier alpha value is -2.18. The van der Waals surface area contributed by atoms with Gasteiger partial charge in [-0.3, -0.25) is 9.88 Å². The van der Waals surface area contributed by atoms with Crippen molar-refractivity contribution in [2.75, 3.05) is 19.6 Å². The number of nitrogens with zero attached hydrogens (tertiary/aromatic N) is 4. The Morgan fingerprint density at radius 3 is 3.08 bits per heavy atom. The molecule has 1 fully saturated rings. The average molecular weight is 337 g/mol. The van der Waals surface area contributed by atoms with E-state index in [2.05, 4.69) is 38.5 Å². The van der Waals surface area contributed by atoms with Crippen LogP contribution < -0.4 is 5.43 Å². The number of rotatable bonds is 3. The van der Waals surface area contributed by atoms with Crippen LogP contribution in [0.5, 0.6) is 0 Å². The number of nitrogens with one attached hydrogen (secondary N) is 1. The highest BCUT2D eigenvalue weighted by Gasteiger charge is 2.31. The van der Waals surface area contributed by atoms with Crippen LogP contribution in [0.25, 0.3) is 0 Å². The quantitative estimate of drug-likeness (QED) is 0.927. The first-order chi connectivity index (χ1) is 12.3. The average Bonchev–Trinajstić information content (AvgIpc) is 3.30.